The van der Waals surface area contributed by atoms with Gasteiger partial charge in [0.1, 0.15) is 12.3 Å². The molecule has 0 saturated heterocycles. The molecule has 2 rings (SSSR count). The van der Waals surface area contributed by atoms with E-state index in [0.717, 1.165) is 28.3 Å². The Morgan fingerprint density at radius 2 is 2.00 bits per heavy atom. The molecule has 1 atom stereocenters. The Morgan fingerprint density at radius 1 is 1.20 bits per heavy atom. The Kier molecular flexibility index (Phi) is 7.56. The lowest BCUT2D eigenvalue weighted by atomic mass is 10.1. The van der Waals surface area contributed by atoms with E-state index in [4.69, 9.17) is 27.9 Å². The fourth-order valence-electron chi connectivity index (χ4n) is 2.59. The number of hydrogen-bond acceptors (Lipinski definition) is 2. The average Bonchev–Trinajstić information content (AvgIpc) is 2.56. The molecule has 0 radical (unpaired) electrons. The summed E-state index contributed by atoms with van der Waals surface area (Å²) < 4.78 is 5.22. The molecular weight excluding hydrogens is 359 g/mol. The van der Waals surface area contributed by atoms with Gasteiger partial charge in [0, 0.05) is 22.2 Å². The largest absolute Gasteiger partial charge is 0.497 e. The quantitative estimate of drug-likeness (QED) is 0.736. The number of nitrogens with one attached hydrogen (secondary N) is 2. The maximum absolute atomic E-state index is 12.1. The standard InChI is InChI=1S/C19H22Cl2N2O2/c1-23(12-14-4-3-5-17(10-14)25-2)13-19(24)22-9-8-15-6-7-16(20)11-18(15)21/h3-7,10-11H,8-9,12-13H2,1-2H3,(H,22,24)/p+1. The Morgan fingerprint density at radius 3 is 2.72 bits per heavy atom. The average molecular weight is 382 g/mol. The lowest BCUT2D eigenvalue weighted by Gasteiger charge is -2.14. The number of carbonyl (C=O) groups is 1. The number of amides is 1. The van der Waals surface area contributed by atoms with Crippen LogP contribution in [0, 0.1) is 0 Å². The molecule has 0 aliphatic heterocycles. The fraction of sp³-hybridized carbons (Fsp3) is 0.316. The molecule has 1 amide bonds. The molecule has 25 heavy (non-hydrogen) atoms. The molecule has 1 unspecified atom stereocenters. The van der Waals surface area contributed by atoms with Gasteiger partial charge in [0.05, 0.1) is 14.2 Å². The Labute approximate surface area is 158 Å². The Bertz CT molecular complexity index is 722. The zero-order chi connectivity index (χ0) is 18.2. The molecule has 2 aromatic carbocycles. The van der Waals surface area contributed by atoms with Crippen LogP contribution in [-0.2, 0) is 17.8 Å². The zero-order valence-electron chi connectivity index (χ0n) is 14.4. The lowest BCUT2D eigenvalue weighted by molar-refractivity contribution is -0.885. The van der Waals surface area contributed by atoms with Gasteiger partial charge < -0.3 is 15.0 Å². The third-order valence-corrected chi connectivity index (χ3v) is 4.42. The second-order valence-corrected chi connectivity index (χ2v) is 6.84. The summed E-state index contributed by atoms with van der Waals surface area (Å²) in [6, 6.07) is 13.3. The maximum atomic E-state index is 12.1. The van der Waals surface area contributed by atoms with Gasteiger partial charge in [-0.2, -0.15) is 0 Å². The van der Waals surface area contributed by atoms with Gasteiger partial charge in [-0.05, 0) is 36.2 Å². The van der Waals surface area contributed by atoms with Crippen LogP contribution in [0.3, 0.4) is 0 Å². The summed E-state index contributed by atoms with van der Waals surface area (Å²) in [6.45, 7) is 1.71. The molecule has 0 heterocycles. The van der Waals surface area contributed by atoms with Gasteiger partial charge in [0.25, 0.3) is 5.91 Å². The van der Waals surface area contributed by atoms with E-state index in [9.17, 15) is 4.79 Å². The predicted octanol–water partition coefficient (Wildman–Crippen LogP) is 2.38. The molecule has 0 aliphatic rings. The summed E-state index contributed by atoms with van der Waals surface area (Å²) in [5.74, 6) is 0.847. The summed E-state index contributed by atoms with van der Waals surface area (Å²) in [6.07, 6.45) is 0.677. The van der Waals surface area contributed by atoms with Gasteiger partial charge in [-0.25, -0.2) is 0 Å². The zero-order valence-corrected chi connectivity index (χ0v) is 16.0. The van der Waals surface area contributed by atoms with Crippen molar-refractivity contribution in [1.82, 2.24) is 5.32 Å². The molecule has 134 valence electrons. The van der Waals surface area contributed by atoms with Gasteiger partial charge in [-0.15, -0.1) is 0 Å². The lowest BCUT2D eigenvalue weighted by Crippen LogP contribution is -3.08. The number of likely N-dealkylation sites (N-methyl/N-ethyl adjacent to an activating group) is 1. The van der Waals surface area contributed by atoms with Gasteiger partial charge >= 0.3 is 0 Å². The van der Waals surface area contributed by atoms with Crippen LogP contribution in [0.5, 0.6) is 5.75 Å². The molecule has 0 saturated carbocycles. The van der Waals surface area contributed by atoms with Crippen molar-refractivity contribution < 1.29 is 14.4 Å². The van der Waals surface area contributed by atoms with Crippen molar-refractivity contribution in [2.24, 2.45) is 0 Å². The number of rotatable bonds is 8. The van der Waals surface area contributed by atoms with Crippen molar-refractivity contribution in [3.8, 4) is 5.75 Å². The second kappa shape index (κ2) is 9.66. The van der Waals surface area contributed by atoms with Crippen LogP contribution in [0.2, 0.25) is 10.0 Å². The first kappa shape index (κ1) is 19.6. The van der Waals surface area contributed by atoms with Crippen molar-refractivity contribution in [2.75, 3.05) is 27.2 Å². The monoisotopic (exact) mass is 381 g/mol. The van der Waals surface area contributed by atoms with Gasteiger partial charge in [-0.3, -0.25) is 4.79 Å². The van der Waals surface area contributed by atoms with E-state index >= 15 is 0 Å². The van der Waals surface area contributed by atoms with E-state index in [1.54, 1.807) is 19.2 Å². The highest BCUT2D eigenvalue weighted by Crippen LogP contribution is 2.21. The summed E-state index contributed by atoms with van der Waals surface area (Å²) in [4.78, 5) is 13.2. The molecular formula is C19H23Cl2N2O2+. The van der Waals surface area contributed by atoms with E-state index < -0.39 is 0 Å². The molecule has 0 aliphatic carbocycles. The van der Waals surface area contributed by atoms with Crippen molar-refractivity contribution in [3.05, 3.63) is 63.6 Å². The third kappa shape index (κ3) is 6.58. The van der Waals surface area contributed by atoms with E-state index in [0.29, 0.717) is 29.6 Å². The van der Waals surface area contributed by atoms with E-state index in [2.05, 4.69) is 5.32 Å². The van der Waals surface area contributed by atoms with Gasteiger partial charge in [-0.1, -0.05) is 41.4 Å². The highest BCUT2D eigenvalue weighted by atomic mass is 35.5. The number of quaternary nitrogens is 1. The molecule has 0 aromatic heterocycles. The predicted molar refractivity (Wildman–Crippen MR) is 102 cm³/mol. The van der Waals surface area contributed by atoms with Gasteiger partial charge in [0.15, 0.2) is 6.54 Å². The Hall–Kier alpha value is -1.75. The maximum Gasteiger partial charge on any atom is 0.275 e. The first-order valence-corrected chi connectivity index (χ1v) is 8.88. The summed E-state index contributed by atoms with van der Waals surface area (Å²) in [5, 5.41) is 4.18. The molecule has 2 N–H and O–H groups in total. The summed E-state index contributed by atoms with van der Waals surface area (Å²) in [5.41, 5.74) is 2.11. The van der Waals surface area contributed by atoms with Crippen LogP contribution in [0.4, 0.5) is 0 Å². The number of benzene rings is 2. The molecule has 0 spiro atoms. The van der Waals surface area contributed by atoms with Gasteiger partial charge in [0.2, 0.25) is 0 Å². The fourth-order valence-corrected chi connectivity index (χ4v) is 3.09. The minimum absolute atomic E-state index is 0.0190. The number of methoxy groups -OCH3 is 1. The summed E-state index contributed by atoms with van der Waals surface area (Å²) in [7, 11) is 3.64. The first-order valence-electron chi connectivity index (χ1n) is 8.13. The third-order valence-electron chi connectivity index (χ3n) is 3.83. The molecule has 6 heteroatoms. The number of hydrogen-bond donors (Lipinski definition) is 2. The van der Waals surface area contributed by atoms with E-state index in [1.165, 1.54) is 0 Å². The van der Waals surface area contributed by atoms with Crippen molar-refractivity contribution in [2.45, 2.75) is 13.0 Å². The van der Waals surface area contributed by atoms with E-state index in [-0.39, 0.29) is 5.91 Å². The highest BCUT2D eigenvalue weighted by molar-refractivity contribution is 6.35. The highest BCUT2D eigenvalue weighted by Gasteiger charge is 2.11. The van der Waals surface area contributed by atoms with Crippen LogP contribution in [0.25, 0.3) is 0 Å². The van der Waals surface area contributed by atoms with Crippen molar-refractivity contribution in [3.63, 3.8) is 0 Å². The second-order valence-electron chi connectivity index (χ2n) is 6.00. The minimum Gasteiger partial charge on any atom is -0.497 e. The van der Waals surface area contributed by atoms with Crippen LogP contribution >= 0.6 is 23.2 Å². The van der Waals surface area contributed by atoms with Crippen molar-refractivity contribution in [1.29, 1.82) is 0 Å². The molecule has 2 aromatic rings. The smallest absolute Gasteiger partial charge is 0.275 e. The topological polar surface area (TPSA) is 42.8 Å². The van der Waals surface area contributed by atoms with Crippen LogP contribution in [0.1, 0.15) is 11.1 Å². The van der Waals surface area contributed by atoms with Crippen LogP contribution in [-0.4, -0.2) is 33.2 Å². The normalized spacial score (nSPS) is 11.8. The first-order chi connectivity index (χ1) is 12.0. The van der Waals surface area contributed by atoms with Crippen LogP contribution < -0.4 is 15.0 Å². The molecule has 0 bridgehead atoms. The number of halogens is 2. The molecule has 0 fully saturated rings. The Balaban J connectivity index is 1.75. The minimum atomic E-state index is 0.0190. The SMILES string of the molecule is COc1cccc(C[NH+](C)CC(=O)NCCc2ccc(Cl)cc2Cl)c1. The number of ether oxygens (including phenoxy) is 1. The van der Waals surface area contributed by atoms with Crippen molar-refractivity contribution >= 4 is 29.1 Å². The summed E-state index contributed by atoms with van der Waals surface area (Å²) >= 11 is 12.0. The van der Waals surface area contributed by atoms with Crippen LogP contribution in [0.15, 0.2) is 42.5 Å². The van der Waals surface area contributed by atoms with E-state index in [1.807, 2.05) is 37.4 Å². The number of carbonyl (C=O) groups excluding carboxylic acids is 1. The molecule has 4 nitrogen and oxygen atoms in total.